The van der Waals surface area contributed by atoms with E-state index in [0.717, 1.165) is 22.6 Å². The highest BCUT2D eigenvalue weighted by Crippen LogP contribution is 2.33. The molecule has 0 saturated carbocycles. The van der Waals surface area contributed by atoms with E-state index in [0.29, 0.717) is 24.7 Å². The van der Waals surface area contributed by atoms with Gasteiger partial charge in [0.1, 0.15) is 11.8 Å². The SMILES string of the molecule is CCOc1ccc(-c2noc(CCC(=O)N3c4ccccc4CC3C(=O)OC)n2)cc1. The smallest absolute Gasteiger partial charge is 0.329 e. The van der Waals surface area contributed by atoms with E-state index >= 15 is 0 Å². The third kappa shape index (κ3) is 4.28. The van der Waals surface area contributed by atoms with E-state index in [-0.39, 0.29) is 18.7 Å². The van der Waals surface area contributed by atoms with Crippen LogP contribution in [0.4, 0.5) is 5.69 Å². The van der Waals surface area contributed by atoms with Crippen LogP contribution < -0.4 is 9.64 Å². The van der Waals surface area contributed by atoms with Gasteiger partial charge >= 0.3 is 5.97 Å². The summed E-state index contributed by atoms with van der Waals surface area (Å²) in [5.74, 6) is 0.955. The number of methoxy groups -OCH3 is 1. The molecule has 8 nitrogen and oxygen atoms in total. The number of para-hydroxylation sites is 1. The molecule has 2 heterocycles. The number of hydrogen-bond acceptors (Lipinski definition) is 7. The van der Waals surface area contributed by atoms with E-state index in [1.165, 1.54) is 12.0 Å². The summed E-state index contributed by atoms with van der Waals surface area (Å²) < 4.78 is 15.7. The van der Waals surface area contributed by atoms with Crippen LogP contribution in [0.1, 0.15) is 24.8 Å². The Bertz CT molecular complexity index is 1080. The fourth-order valence-corrected chi connectivity index (χ4v) is 3.69. The number of esters is 1. The summed E-state index contributed by atoms with van der Waals surface area (Å²) in [5.41, 5.74) is 2.48. The molecule has 160 valence electrons. The summed E-state index contributed by atoms with van der Waals surface area (Å²) in [5, 5.41) is 4.00. The molecule has 1 aliphatic heterocycles. The van der Waals surface area contributed by atoms with Gasteiger partial charge in [0.25, 0.3) is 0 Å². The molecule has 0 aliphatic carbocycles. The first-order valence-corrected chi connectivity index (χ1v) is 10.1. The highest BCUT2D eigenvalue weighted by atomic mass is 16.5. The maximum absolute atomic E-state index is 13.0. The molecule has 1 atom stereocenters. The number of carbonyl (C=O) groups excluding carboxylic acids is 2. The Kier molecular flexibility index (Phi) is 5.97. The van der Waals surface area contributed by atoms with Crippen molar-refractivity contribution in [3.63, 3.8) is 0 Å². The predicted molar refractivity (Wildman–Crippen MR) is 113 cm³/mol. The first kappa shape index (κ1) is 20.6. The van der Waals surface area contributed by atoms with Gasteiger partial charge in [-0.05, 0) is 42.8 Å². The Hall–Kier alpha value is -3.68. The van der Waals surface area contributed by atoms with Gasteiger partial charge in [-0.3, -0.25) is 9.69 Å². The second kappa shape index (κ2) is 8.99. The van der Waals surface area contributed by atoms with Gasteiger partial charge in [0.2, 0.25) is 17.6 Å². The van der Waals surface area contributed by atoms with Crippen molar-refractivity contribution < 1.29 is 23.6 Å². The number of nitrogens with zero attached hydrogens (tertiary/aromatic N) is 3. The van der Waals surface area contributed by atoms with Crippen molar-refractivity contribution in [2.75, 3.05) is 18.6 Å². The average molecular weight is 421 g/mol. The van der Waals surface area contributed by atoms with Crippen molar-refractivity contribution in [2.45, 2.75) is 32.2 Å². The summed E-state index contributed by atoms with van der Waals surface area (Å²) in [6.07, 6.45) is 0.846. The normalized spacial score (nSPS) is 14.9. The highest BCUT2D eigenvalue weighted by Gasteiger charge is 2.38. The number of hydrogen-bond donors (Lipinski definition) is 0. The van der Waals surface area contributed by atoms with E-state index in [4.69, 9.17) is 14.0 Å². The molecule has 0 radical (unpaired) electrons. The van der Waals surface area contributed by atoms with E-state index in [9.17, 15) is 9.59 Å². The van der Waals surface area contributed by atoms with Crippen molar-refractivity contribution in [1.29, 1.82) is 0 Å². The third-order valence-corrected chi connectivity index (χ3v) is 5.16. The summed E-state index contributed by atoms with van der Waals surface area (Å²) in [6, 6.07) is 14.2. The molecule has 1 aromatic heterocycles. The summed E-state index contributed by atoms with van der Waals surface area (Å²) >= 11 is 0. The summed E-state index contributed by atoms with van der Waals surface area (Å²) in [7, 11) is 1.33. The van der Waals surface area contributed by atoms with E-state index in [1.807, 2.05) is 55.5 Å². The second-order valence-corrected chi connectivity index (χ2v) is 7.10. The minimum absolute atomic E-state index is 0.132. The lowest BCUT2D eigenvalue weighted by molar-refractivity contribution is -0.143. The number of carbonyl (C=O) groups is 2. The number of ether oxygens (including phenoxy) is 2. The van der Waals surface area contributed by atoms with Crippen LogP contribution in [0.25, 0.3) is 11.4 Å². The molecule has 0 bridgehead atoms. The molecule has 0 saturated heterocycles. The number of amides is 1. The summed E-state index contributed by atoms with van der Waals surface area (Å²) in [6.45, 7) is 2.52. The zero-order valence-electron chi connectivity index (χ0n) is 17.4. The van der Waals surface area contributed by atoms with E-state index < -0.39 is 12.0 Å². The van der Waals surface area contributed by atoms with Crippen molar-refractivity contribution in [1.82, 2.24) is 10.1 Å². The number of rotatable bonds is 7. The topological polar surface area (TPSA) is 94.8 Å². The number of aromatic nitrogens is 2. The molecule has 3 aromatic rings. The number of aryl methyl sites for hydroxylation is 1. The lowest BCUT2D eigenvalue weighted by Gasteiger charge is -2.23. The zero-order valence-corrected chi connectivity index (χ0v) is 17.4. The number of fused-ring (bicyclic) bond motifs is 1. The first-order valence-electron chi connectivity index (χ1n) is 10.1. The van der Waals surface area contributed by atoms with Crippen molar-refractivity contribution in [3.05, 3.63) is 60.0 Å². The van der Waals surface area contributed by atoms with Crippen molar-refractivity contribution in [2.24, 2.45) is 0 Å². The Morgan fingerprint density at radius 1 is 1.16 bits per heavy atom. The molecular formula is C23H23N3O5. The molecular weight excluding hydrogens is 398 g/mol. The standard InChI is InChI=1S/C23H23N3O5/c1-3-30-17-10-8-15(9-11-17)22-24-20(31-25-22)12-13-21(27)26-18-7-5-4-6-16(18)14-19(26)23(28)29-2/h4-11,19H,3,12-14H2,1-2H3. The minimum atomic E-state index is -0.656. The second-order valence-electron chi connectivity index (χ2n) is 7.10. The Balaban J connectivity index is 1.44. The van der Waals surface area contributed by atoms with Gasteiger partial charge in [0.15, 0.2) is 0 Å². The number of benzene rings is 2. The van der Waals surface area contributed by atoms with Crippen LogP contribution in [0.3, 0.4) is 0 Å². The lowest BCUT2D eigenvalue weighted by atomic mass is 10.1. The van der Waals surface area contributed by atoms with Crippen LogP contribution in [0.5, 0.6) is 5.75 Å². The minimum Gasteiger partial charge on any atom is -0.494 e. The van der Waals surface area contributed by atoms with Gasteiger partial charge in [-0.1, -0.05) is 23.4 Å². The van der Waals surface area contributed by atoms with Crippen LogP contribution in [0.15, 0.2) is 53.1 Å². The molecule has 8 heteroatoms. The molecule has 1 aliphatic rings. The lowest BCUT2D eigenvalue weighted by Crippen LogP contribution is -2.43. The fourth-order valence-electron chi connectivity index (χ4n) is 3.69. The van der Waals surface area contributed by atoms with Crippen LogP contribution in [0, 0.1) is 0 Å². The molecule has 0 N–H and O–H groups in total. The quantitative estimate of drug-likeness (QED) is 0.541. The Labute approximate surface area is 179 Å². The molecule has 0 spiro atoms. The molecule has 4 rings (SSSR count). The Morgan fingerprint density at radius 3 is 2.68 bits per heavy atom. The van der Waals surface area contributed by atoms with Gasteiger partial charge in [-0.2, -0.15) is 4.98 Å². The fraction of sp³-hybridized carbons (Fsp3) is 0.304. The molecule has 2 aromatic carbocycles. The average Bonchev–Trinajstić information content (AvgIpc) is 3.42. The van der Waals surface area contributed by atoms with Gasteiger partial charge in [0.05, 0.1) is 13.7 Å². The molecule has 31 heavy (non-hydrogen) atoms. The first-order chi connectivity index (χ1) is 15.1. The largest absolute Gasteiger partial charge is 0.494 e. The zero-order chi connectivity index (χ0) is 21.8. The molecule has 1 amide bonds. The molecule has 1 unspecified atom stereocenters. The predicted octanol–water partition coefficient (Wildman–Crippen LogP) is 3.20. The van der Waals surface area contributed by atoms with Gasteiger partial charge in [-0.25, -0.2) is 4.79 Å². The van der Waals surface area contributed by atoms with Crippen LogP contribution in [-0.2, 0) is 27.2 Å². The maximum atomic E-state index is 13.0. The van der Waals surface area contributed by atoms with Crippen LogP contribution in [0.2, 0.25) is 0 Å². The Morgan fingerprint density at radius 2 is 1.94 bits per heavy atom. The highest BCUT2D eigenvalue weighted by molar-refractivity contribution is 6.02. The van der Waals surface area contributed by atoms with E-state index in [2.05, 4.69) is 10.1 Å². The van der Waals surface area contributed by atoms with Crippen molar-refractivity contribution in [3.8, 4) is 17.1 Å². The monoisotopic (exact) mass is 421 g/mol. The molecule has 0 fully saturated rings. The van der Waals surface area contributed by atoms with Gasteiger partial charge in [-0.15, -0.1) is 0 Å². The van der Waals surface area contributed by atoms with Crippen LogP contribution in [-0.4, -0.2) is 41.8 Å². The maximum Gasteiger partial charge on any atom is 0.329 e. The summed E-state index contributed by atoms with van der Waals surface area (Å²) in [4.78, 5) is 31.1. The van der Waals surface area contributed by atoms with E-state index in [1.54, 1.807) is 0 Å². The van der Waals surface area contributed by atoms with Gasteiger partial charge in [0, 0.05) is 30.5 Å². The van der Waals surface area contributed by atoms with Gasteiger partial charge < -0.3 is 14.0 Å². The van der Waals surface area contributed by atoms with Crippen molar-refractivity contribution >= 4 is 17.6 Å². The third-order valence-electron chi connectivity index (χ3n) is 5.16. The van der Waals surface area contributed by atoms with Crippen LogP contribution >= 0.6 is 0 Å². The number of anilines is 1.